The number of carbonyl (C=O) groups is 1. The molecule has 0 amide bonds. The predicted octanol–water partition coefficient (Wildman–Crippen LogP) is 5.21. The summed E-state index contributed by atoms with van der Waals surface area (Å²) in [6.45, 7) is 3.76. The first-order chi connectivity index (χ1) is 13.6. The molecule has 0 atom stereocenters. The van der Waals surface area contributed by atoms with E-state index in [9.17, 15) is 9.59 Å². The van der Waals surface area contributed by atoms with Crippen molar-refractivity contribution >= 4 is 46.6 Å². The second-order valence-corrected chi connectivity index (χ2v) is 7.75. The van der Waals surface area contributed by atoms with Crippen LogP contribution in [-0.4, -0.2) is 49.8 Å². The van der Waals surface area contributed by atoms with Crippen LogP contribution in [-0.2, 0) is 17.9 Å². The number of fused-ring (bicyclic) bond motifs is 1. The molecule has 1 aromatic heterocycles. The average molecular weight is 412 g/mol. The molecule has 0 saturated carbocycles. The maximum Gasteiger partial charge on any atom is 0.329 e. The molecule has 0 aliphatic heterocycles. The SMILES string of the molecule is CCCCCCCCn1c(=O)n(CCCCCCCC(=O)O)c2ccccc21.[Na]. The monoisotopic (exact) mass is 411 g/mol. The molecule has 2 aromatic rings. The predicted molar refractivity (Wildman–Crippen MR) is 121 cm³/mol. The van der Waals surface area contributed by atoms with E-state index in [-0.39, 0.29) is 41.7 Å². The summed E-state index contributed by atoms with van der Waals surface area (Å²) in [5.74, 6) is -0.718. The van der Waals surface area contributed by atoms with Crippen molar-refractivity contribution in [3.8, 4) is 0 Å². The summed E-state index contributed by atoms with van der Waals surface area (Å²) >= 11 is 0. The molecule has 0 fully saturated rings. The molecule has 0 aliphatic carbocycles. The van der Waals surface area contributed by atoms with E-state index in [1.54, 1.807) is 0 Å². The molecule has 5 nitrogen and oxygen atoms in total. The number of aliphatic carboxylic acids is 1. The summed E-state index contributed by atoms with van der Waals surface area (Å²) in [5, 5.41) is 8.67. The smallest absolute Gasteiger partial charge is 0.329 e. The minimum atomic E-state index is -0.718. The fraction of sp³-hybridized carbons (Fsp3) is 0.652. The minimum absolute atomic E-state index is 0. The van der Waals surface area contributed by atoms with E-state index >= 15 is 0 Å². The van der Waals surface area contributed by atoms with Crippen LogP contribution in [0.5, 0.6) is 0 Å². The van der Waals surface area contributed by atoms with Crippen molar-refractivity contribution in [1.29, 1.82) is 0 Å². The van der Waals surface area contributed by atoms with Gasteiger partial charge in [0.25, 0.3) is 0 Å². The topological polar surface area (TPSA) is 64.2 Å². The van der Waals surface area contributed by atoms with E-state index < -0.39 is 5.97 Å². The molecule has 1 aromatic carbocycles. The number of hydrogen-bond donors (Lipinski definition) is 1. The number of para-hydroxylation sites is 2. The maximum atomic E-state index is 13.0. The van der Waals surface area contributed by atoms with Crippen LogP contribution in [0.4, 0.5) is 0 Å². The van der Waals surface area contributed by atoms with Gasteiger partial charge in [0.1, 0.15) is 0 Å². The summed E-state index contributed by atoms with van der Waals surface area (Å²) < 4.78 is 3.87. The number of unbranched alkanes of at least 4 members (excludes halogenated alkanes) is 9. The summed E-state index contributed by atoms with van der Waals surface area (Å²) in [6.07, 6.45) is 12.3. The molecule has 0 unspecified atom stereocenters. The van der Waals surface area contributed by atoms with E-state index in [2.05, 4.69) is 13.0 Å². The van der Waals surface area contributed by atoms with Crippen molar-refractivity contribution in [3.63, 3.8) is 0 Å². The number of nitrogens with zero attached hydrogens (tertiary/aromatic N) is 2. The first-order valence-electron chi connectivity index (χ1n) is 11.0. The molecule has 0 spiro atoms. The Morgan fingerprint density at radius 3 is 1.72 bits per heavy atom. The standard InChI is InChI=1S/C23H36N2O3.Na/c1-2-3-4-5-8-13-18-24-20-15-11-12-16-21(20)25(23(24)28)19-14-9-6-7-10-17-22(26)27;/h11-12,15-16H,2-10,13-14,17-19H2,1H3,(H,26,27);. The van der Waals surface area contributed by atoms with Gasteiger partial charge in [-0.05, 0) is 31.4 Å². The van der Waals surface area contributed by atoms with Crippen LogP contribution >= 0.6 is 0 Å². The van der Waals surface area contributed by atoms with Crippen molar-refractivity contribution in [2.24, 2.45) is 0 Å². The van der Waals surface area contributed by atoms with E-state index in [1.807, 2.05) is 27.3 Å². The third-order valence-corrected chi connectivity index (χ3v) is 5.43. The van der Waals surface area contributed by atoms with Gasteiger partial charge in [0.2, 0.25) is 0 Å². The van der Waals surface area contributed by atoms with Gasteiger partial charge in [0.15, 0.2) is 0 Å². The molecule has 29 heavy (non-hydrogen) atoms. The molecule has 1 N–H and O–H groups in total. The van der Waals surface area contributed by atoms with Gasteiger partial charge < -0.3 is 5.11 Å². The number of aromatic nitrogens is 2. The minimum Gasteiger partial charge on any atom is -0.481 e. The molecule has 6 heteroatoms. The number of rotatable bonds is 15. The summed E-state index contributed by atoms with van der Waals surface area (Å²) in [6, 6.07) is 8.10. The van der Waals surface area contributed by atoms with Gasteiger partial charge in [-0.15, -0.1) is 0 Å². The Labute approximate surface area is 196 Å². The zero-order valence-electron chi connectivity index (χ0n) is 18.4. The Morgan fingerprint density at radius 2 is 1.24 bits per heavy atom. The largest absolute Gasteiger partial charge is 0.481 e. The molecule has 0 bridgehead atoms. The van der Waals surface area contributed by atoms with Crippen LogP contribution in [0.25, 0.3) is 11.0 Å². The van der Waals surface area contributed by atoms with Crippen LogP contribution < -0.4 is 5.69 Å². The average Bonchev–Trinajstić information content (AvgIpc) is 2.95. The zero-order chi connectivity index (χ0) is 20.2. The molecule has 1 heterocycles. The van der Waals surface area contributed by atoms with Gasteiger partial charge in [-0.2, -0.15) is 0 Å². The molecule has 1 radical (unpaired) electrons. The Hall–Kier alpha value is -1.04. The van der Waals surface area contributed by atoms with E-state index in [4.69, 9.17) is 5.11 Å². The maximum absolute atomic E-state index is 13.0. The van der Waals surface area contributed by atoms with Crippen LogP contribution in [0.15, 0.2) is 29.1 Å². The summed E-state index contributed by atoms with van der Waals surface area (Å²) in [4.78, 5) is 23.5. The van der Waals surface area contributed by atoms with Crippen LogP contribution in [0.3, 0.4) is 0 Å². The first kappa shape index (κ1) is 26.0. The molecular weight excluding hydrogens is 375 g/mol. The van der Waals surface area contributed by atoms with Gasteiger partial charge in [0, 0.05) is 49.1 Å². The number of carboxylic acids is 1. The zero-order valence-corrected chi connectivity index (χ0v) is 20.4. The number of hydrogen-bond acceptors (Lipinski definition) is 2. The Bertz CT molecular complexity index is 782. The molecular formula is C23H36N2NaO3. The first-order valence-corrected chi connectivity index (χ1v) is 11.0. The second kappa shape index (κ2) is 14.9. The number of carboxylic acid groups (broad SMARTS) is 1. The van der Waals surface area contributed by atoms with Gasteiger partial charge in [-0.1, -0.05) is 70.4 Å². The fourth-order valence-corrected chi connectivity index (χ4v) is 3.83. The molecule has 0 saturated heterocycles. The van der Waals surface area contributed by atoms with Gasteiger partial charge >= 0.3 is 11.7 Å². The van der Waals surface area contributed by atoms with Crippen molar-refractivity contribution in [3.05, 3.63) is 34.7 Å². The van der Waals surface area contributed by atoms with Crippen LogP contribution in [0.2, 0.25) is 0 Å². The van der Waals surface area contributed by atoms with Crippen molar-refractivity contribution < 1.29 is 9.90 Å². The molecule has 2 rings (SSSR count). The summed E-state index contributed by atoms with van der Waals surface area (Å²) in [5.41, 5.74) is 2.19. The normalized spacial score (nSPS) is 10.9. The third-order valence-electron chi connectivity index (χ3n) is 5.43. The van der Waals surface area contributed by atoms with Crippen LogP contribution in [0, 0.1) is 0 Å². The third kappa shape index (κ3) is 8.69. The van der Waals surface area contributed by atoms with E-state index in [0.717, 1.165) is 62.6 Å². The van der Waals surface area contributed by atoms with E-state index in [1.165, 1.54) is 32.1 Å². The molecule has 0 aliphatic rings. The van der Waals surface area contributed by atoms with Crippen molar-refractivity contribution in [1.82, 2.24) is 9.13 Å². The second-order valence-electron chi connectivity index (χ2n) is 7.75. The number of imidazole rings is 1. The van der Waals surface area contributed by atoms with Gasteiger partial charge in [0.05, 0.1) is 11.0 Å². The number of benzene rings is 1. The van der Waals surface area contributed by atoms with Crippen LogP contribution in [0.1, 0.15) is 84.0 Å². The number of aryl methyl sites for hydroxylation is 2. The van der Waals surface area contributed by atoms with E-state index in [0.29, 0.717) is 0 Å². The Balaban J connectivity index is 0.00000420. The summed E-state index contributed by atoms with van der Waals surface area (Å²) in [7, 11) is 0. The Morgan fingerprint density at radius 1 is 0.793 bits per heavy atom. The molecule has 157 valence electrons. The Kier molecular flexibility index (Phi) is 13.3. The van der Waals surface area contributed by atoms with Gasteiger partial charge in [-0.3, -0.25) is 13.9 Å². The van der Waals surface area contributed by atoms with Crippen molar-refractivity contribution in [2.45, 2.75) is 97.1 Å². The van der Waals surface area contributed by atoms with Gasteiger partial charge in [-0.25, -0.2) is 4.79 Å². The quantitative estimate of drug-likeness (QED) is 0.323. The fourth-order valence-electron chi connectivity index (χ4n) is 3.83. The van der Waals surface area contributed by atoms with Crippen molar-refractivity contribution in [2.75, 3.05) is 0 Å².